The third-order valence-corrected chi connectivity index (χ3v) is 2.48. The molecular weight excluding hydrogens is 214 g/mol. The maximum absolute atomic E-state index is 12.3. The van der Waals surface area contributed by atoms with Crippen molar-refractivity contribution in [3.63, 3.8) is 0 Å². The van der Waals surface area contributed by atoms with Crippen LogP contribution in [0.4, 0.5) is 8.78 Å². The van der Waals surface area contributed by atoms with Crippen LogP contribution in [0.1, 0.15) is 37.3 Å². The summed E-state index contributed by atoms with van der Waals surface area (Å²) >= 11 is 0. The highest BCUT2D eigenvalue weighted by Gasteiger charge is 2.23. The van der Waals surface area contributed by atoms with Crippen molar-refractivity contribution in [2.75, 3.05) is 0 Å². The molecule has 1 N–H and O–H groups in total. The Morgan fingerprint density at radius 3 is 1.88 bits per heavy atom. The van der Waals surface area contributed by atoms with Gasteiger partial charge in [-0.3, -0.25) is 4.79 Å². The number of benzene rings is 1. The summed E-state index contributed by atoms with van der Waals surface area (Å²) in [5.74, 6) is -1.65. The first-order chi connectivity index (χ1) is 7.43. The molecule has 0 aliphatic rings. The molecule has 0 bridgehead atoms. The van der Waals surface area contributed by atoms with Crippen LogP contribution in [0.3, 0.4) is 0 Å². The van der Waals surface area contributed by atoms with Gasteiger partial charge in [0.1, 0.15) is 0 Å². The zero-order valence-electron chi connectivity index (χ0n) is 9.15. The van der Waals surface area contributed by atoms with E-state index in [2.05, 4.69) is 0 Å². The number of hydrogen-bond donors (Lipinski definition) is 1. The van der Waals surface area contributed by atoms with Gasteiger partial charge in [-0.05, 0) is 11.5 Å². The molecule has 1 aromatic rings. The minimum absolute atomic E-state index is 0.0742. The molecule has 0 spiro atoms. The molecular formula is C12H14F2O2. The lowest BCUT2D eigenvalue weighted by atomic mass is 9.88. The Morgan fingerprint density at radius 1 is 1.12 bits per heavy atom. The predicted octanol–water partition coefficient (Wildman–Crippen LogP) is 3.45. The van der Waals surface area contributed by atoms with Crippen LogP contribution in [0, 0.1) is 5.92 Å². The molecule has 2 nitrogen and oxygen atoms in total. The Labute approximate surface area is 92.9 Å². The lowest BCUT2D eigenvalue weighted by molar-refractivity contribution is -0.139. The van der Waals surface area contributed by atoms with E-state index in [9.17, 15) is 13.6 Å². The van der Waals surface area contributed by atoms with E-state index in [1.165, 1.54) is 24.3 Å². The monoisotopic (exact) mass is 228 g/mol. The first kappa shape index (κ1) is 12.6. The molecule has 0 fully saturated rings. The van der Waals surface area contributed by atoms with Crippen molar-refractivity contribution >= 4 is 5.97 Å². The molecule has 0 saturated carbocycles. The van der Waals surface area contributed by atoms with Crippen LogP contribution in [-0.4, -0.2) is 11.1 Å². The molecule has 1 unspecified atom stereocenters. The Hall–Kier alpha value is -1.45. The number of carbonyl (C=O) groups is 1. The average molecular weight is 228 g/mol. The number of hydrogen-bond acceptors (Lipinski definition) is 1. The molecule has 0 aliphatic carbocycles. The molecule has 0 aromatic heterocycles. The Balaban J connectivity index is 2.99. The van der Waals surface area contributed by atoms with Crippen LogP contribution in [-0.2, 0) is 4.79 Å². The Kier molecular flexibility index (Phi) is 3.99. The summed E-state index contributed by atoms with van der Waals surface area (Å²) in [5.41, 5.74) is 0.476. The van der Waals surface area contributed by atoms with Crippen molar-refractivity contribution < 1.29 is 18.7 Å². The van der Waals surface area contributed by atoms with E-state index in [4.69, 9.17) is 5.11 Å². The largest absolute Gasteiger partial charge is 0.481 e. The lowest BCUT2D eigenvalue weighted by Gasteiger charge is -2.16. The molecule has 1 atom stereocenters. The second-order valence-corrected chi connectivity index (χ2v) is 4.03. The highest BCUT2D eigenvalue weighted by atomic mass is 19.3. The first-order valence-electron chi connectivity index (χ1n) is 5.04. The van der Waals surface area contributed by atoms with Crippen molar-refractivity contribution in [3.05, 3.63) is 35.4 Å². The second-order valence-electron chi connectivity index (χ2n) is 4.03. The quantitative estimate of drug-likeness (QED) is 0.856. The predicted molar refractivity (Wildman–Crippen MR) is 56.6 cm³/mol. The van der Waals surface area contributed by atoms with Crippen molar-refractivity contribution in [2.24, 2.45) is 5.92 Å². The topological polar surface area (TPSA) is 37.3 Å². The zero-order valence-corrected chi connectivity index (χ0v) is 9.15. The van der Waals surface area contributed by atoms with Crippen LogP contribution in [0.2, 0.25) is 0 Å². The summed E-state index contributed by atoms with van der Waals surface area (Å²) in [4.78, 5) is 11.0. The normalized spacial score (nSPS) is 13.1. The van der Waals surface area contributed by atoms with Gasteiger partial charge in [-0.1, -0.05) is 38.1 Å². The van der Waals surface area contributed by atoms with Gasteiger partial charge in [-0.25, -0.2) is 8.78 Å². The van der Waals surface area contributed by atoms with E-state index in [0.29, 0.717) is 5.56 Å². The Bertz CT molecular complexity index is 358. The van der Waals surface area contributed by atoms with Gasteiger partial charge in [0.2, 0.25) is 0 Å². The molecule has 1 aromatic carbocycles. The highest BCUT2D eigenvalue weighted by molar-refractivity contribution is 5.76. The molecule has 16 heavy (non-hydrogen) atoms. The van der Waals surface area contributed by atoms with Gasteiger partial charge in [0.05, 0.1) is 5.92 Å². The summed E-state index contributed by atoms with van der Waals surface area (Å²) < 4.78 is 24.6. The van der Waals surface area contributed by atoms with Gasteiger partial charge in [0, 0.05) is 5.56 Å². The molecule has 0 aliphatic heterocycles. The highest BCUT2D eigenvalue weighted by Crippen LogP contribution is 2.27. The number of carboxylic acids is 1. The van der Waals surface area contributed by atoms with Crippen LogP contribution < -0.4 is 0 Å². The van der Waals surface area contributed by atoms with Gasteiger partial charge in [0.25, 0.3) is 6.43 Å². The number of carboxylic acid groups (broad SMARTS) is 1. The minimum Gasteiger partial charge on any atom is -0.481 e. The Morgan fingerprint density at radius 2 is 1.56 bits per heavy atom. The summed E-state index contributed by atoms with van der Waals surface area (Å²) in [6.07, 6.45) is -2.52. The maximum atomic E-state index is 12.3. The summed E-state index contributed by atoms with van der Waals surface area (Å²) in [7, 11) is 0. The number of rotatable bonds is 4. The van der Waals surface area contributed by atoms with Gasteiger partial charge in [-0.15, -0.1) is 0 Å². The van der Waals surface area contributed by atoms with Gasteiger partial charge in [0.15, 0.2) is 0 Å². The summed E-state index contributed by atoms with van der Waals surface area (Å²) in [5, 5.41) is 9.03. The van der Waals surface area contributed by atoms with E-state index in [-0.39, 0.29) is 11.5 Å². The number of alkyl halides is 2. The SMILES string of the molecule is CC(C)C(C(=O)O)c1ccc(C(F)F)cc1. The standard InChI is InChI=1S/C12H14F2O2/c1-7(2)10(12(15)16)8-3-5-9(6-4-8)11(13)14/h3-7,10-11H,1-2H3,(H,15,16). The average Bonchev–Trinajstić information content (AvgIpc) is 2.17. The first-order valence-corrected chi connectivity index (χ1v) is 5.04. The molecule has 0 heterocycles. The fraction of sp³-hybridized carbons (Fsp3) is 0.417. The lowest BCUT2D eigenvalue weighted by Crippen LogP contribution is -2.17. The van der Waals surface area contributed by atoms with Gasteiger partial charge in [-0.2, -0.15) is 0 Å². The van der Waals surface area contributed by atoms with E-state index in [1.807, 2.05) is 0 Å². The van der Waals surface area contributed by atoms with Crippen molar-refractivity contribution in [2.45, 2.75) is 26.2 Å². The van der Waals surface area contributed by atoms with E-state index in [0.717, 1.165) is 0 Å². The van der Waals surface area contributed by atoms with Crippen LogP contribution in [0.25, 0.3) is 0 Å². The molecule has 0 amide bonds. The zero-order chi connectivity index (χ0) is 12.3. The maximum Gasteiger partial charge on any atom is 0.311 e. The van der Waals surface area contributed by atoms with E-state index in [1.54, 1.807) is 13.8 Å². The van der Waals surface area contributed by atoms with Crippen LogP contribution >= 0.6 is 0 Å². The molecule has 1 rings (SSSR count). The smallest absolute Gasteiger partial charge is 0.311 e. The number of halogens is 2. The molecule has 88 valence electrons. The van der Waals surface area contributed by atoms with E-state index >= 15 is 0 Å². The van der Waals surface area contributed by atoms with Crippen molar-refractivity contribution in [1.82, 2.24) is 0 Å². The second kappa shape index (κ2) is 5.05. The third-order valence-electron chi connectivity index (χ3n) is 2.48. The molecule has 0 radical (unpaired) electrons. The number of aliphatic carboxylic acids is 1. The fourth-order valence-corrected chi connectivity index (χ4v) is 1.66. The minimum atomic E-state index is -2.52. The van der Waals surface area contributed by atoms with E-state index < -0.39 is 18.3 Å². The molecule has 4 heteroatoms. The third kappa shape index (κ3) is 2.78. The molecule has 0 saturated heterocycles. The van der Waals surface area contributed by atoms with Crippen LogP contribution in [0.15, 0.2) is 24.3 Å². The van der Waals surface area contributed by atoms with Crippen molar-refractivity contribution in [3.8, 4) is 0 Å². The van der Waals surface area contributed by atoms with Gasteiger partial charge >= 0.3 is 5.97 Å². The fourth-order valence-electron chi connectivity index (χ4n) is 1.66. The summed E-state index contributed by atoms with van der Waals surface area (Å²) in [6.45, 7) is 3.58. The van der Waals surface area contributed by atoms with Crippen LogP contribution in [0.5, 0.6) is 0 Å². The van der Waals surface area contributed by atoms with Crippen molar-refractivity contribution in [1.29, 1.82) is 0 Å². The summed E-state index contributed by atoms with van der Waals surface area (Å²) in [6, 6.07) is 5.47. The van der Waals surface area contributed by atoms with Gasteiger partial charge < -0.3 is 5.11 Å².